The van der Waals surface area contributed by atoms with Gasteiger partial charge in [0.2, 0.25) is 5.91 Å². The van der Waals surface area contributed by atoms with Gasteiger partial charge in [0.1, 0.15) is 6.61 Å². The number of benzene rings is 1. The molecule has 0 radical (unpaired) electrons. The quantitative estimate of drug-likeness (QED) is 0.689. The SMILES string of the molecule is CN1C(=O)CO[C@H](C(=O)ON2C(=O)c3ccccc3C2=O)[C@@H]1c1cnn(C)c1. The number of amides is 3. The summed E-state index contributed by atoms with van der Waals surface area (Å²) in [6.07, 6.45) is 1.92. The van der Waals surface area contributed by atoms with Crippen molar-refractivity contribution in [3.8, 4) is 0 Å². The standard InChI is InChI=1S/C18H16N4O6/c1-20-8-10(7-19-20)14-15(27-9-13(23)21(14)2)18(26)28-22-16(24)11-5-3-4-6-12(11)17(22)25/h3-8,14-15H,9H2,1-2H3/t14-,15-/m0/s1. The van der Waals surface area contributed by atoms with Crippen LogP contribution in [0.5, 0.6) is 0 Å². The number of fused-ring (bicyclic) bond motifs is 1. The molecule has 10 nitrogen and oxygen atoms in total. The number of aromatic nitrogens is 2. The van der Waals surface area contributed by atoms with Crippen LogP contribution in [0, 0.1) is 0 Å². The molecule has 10 heteroatoms. The van der Waals surface area contributed by atoms with Crippen LogP contribution in [0.15, 0.2) is 36.7 Å². The highest BCUT2D eigenvalue weighted by Gasteiger charge is 2.45. The van der Waals surface area contributed by atoms with Crippen LogP contribution in [0.25, 0.3) is 0 Å². The van der Waals surface area contributed by atoms with E-state index in [1.807, 2.05) is 0 Å². The van der Waals surface area contributed by atoms with Crippen molar-refractivity contribution in [1.82, 2.24) is 19.7 Å². The minimum absolute atomic E-state index is 0.154. The zero-order valence-corrected chi connectivity index (χ0v) is 15.1. The van der Waals surface area contributed by atoms with Gasteiger partial charge in [0.15, 0.2) is 6.10 Å². The van der Waals surface area contributed by atoms with Crippen molar-refractivity contribution in [2.75, 3.05) is 13.7 Å². The molecule has 0 unspecified atom stereocenters. The van der Waals surface area contributed by atoms with Crippen molar-refractivity contribution in [2.45, 2.75) is 12.1 Å². The molecule has 28 heavy (non-hydrogen) atoms. The fourth-order valence-corrected chi connectivity index (χ4v) is 3.29. The van der Waals surface area contributed by atoms with Crippen molar-refractivity contribution in [3.63, 3.8) is 0 Å². The van der Waals surface area contributed by atoms with E-state index in [4.69, 9.17) is 9.57 Å². The molecule has 1 fully saturated rings. The Morgan fingerprint density at radius 3 is 2.36 bits per heavy atom. The molecule has 144 valence electrons. The van der Waals surface area contributed by atoms with Crippen molar-refractivity contribution >= 4 is 23.7 Å². The Hall–Kier alpha value is -3.53. The van der Waals surface area contributed by atoms with Gasteiger partial charge in [0, 0.05) is 25.9 Å². The molecular formula is C18H16N4O6. The predicted molar refractivity (Wildman–Crippen MR) is 91.5 cm³/mol. The highest BCUT2D eigenvalue weighted by atomic mass is 16.7. The lowest BCUT2D eigenvalue weighted by Crippen LogP contribution is -2.51. The van der Waals surface area contributed by atoms with Crippen LogP contribution >= 0.6 is 0 Å². The number of ether oxygens (including phenoxy) is 1. The largest absolute Gasteiger partial charge is 0.364 e. The fourth-order valence-electron chi connectivity index (χ4n) is 3.29. The first-order chi connectivity index (χ1) is 13.4. The zero-order chi connectivity index (χ0) is 20.0. The van der Waals surface area contributed by atoms with E-state index in [9.17, 15) is 19.2 Å². The lowest BCUT2D eigenvalue weighted by atomic mass is 10.0. The molecule has 1 saturated heterocycles. The average molecular weight is 384 g/mol. The molecule has 3 amide bonds. The van der Waals surface area contributed by atoms with Crippen molar-refractivity contribution in [3.05, 3.63) is 53.3 Å². The smallest absolute Gasteiger partial charge is 0.354 e. The van der Waals surface area contributed by atoms with E-state index in [0.717, 1.165) is 0 Å². The van der Waals surface area contributed by atoms with E-state index in [1.165, 1.54) is 35.0 Å². The van der Waals surface area contributed by atoms with Gasteiger partial charge in [-0.3, -0.25) is 19.1 Å². The summed E-state index contributed by atoms with van der Waals surface area (Å²) in [6.45, 7) is -0.324. The zero-order valence-electron chi connectivity index (χ0n) is 15.1. The molecule has 2 aliphatic heterocycles. The number of carbonyl (C=O) groups is 4. The number of hydroxylamine groups is 2. The molecule has 2 aromatic rings. The van der Waals surface area contributed by atoms with Crippen LogP contribution in [0.1, 0.15) is 32.3 Å². The first-order valence-corrected chi connectivity index (χ1v) is 8.44. The van der Waals surface area contributed by atoms with Gasteiger partial charge < -0.3 is 14.5 Å². The summed E-state index contributed by atoms with van der Waals surface area (Å²) in [5.74, 6) is -2.74. The Morgan fingerprint density at radius 1 is 1.14 bits per heavy atom. The van der Waals surface area contributed by atoms with Gasteiger partial charge in [-0.05, 0) is 12.1 Å². The molecule has 0 saturated carbocycles. The third kappa shape index (κ3) is 2.74. The second-order valence-electron chi connectivity index (χ2n) is 6.49. The highest BCUT2D eigenvalue weighted by molar-refractivity contribution is 6.20. The van der Waals surface area contributed by atoms with Gasteiger partial charge in [0.05, 0.1) is 23.4 Å². The maximum atomic E-state index is 12.8. The average Bonchev–Trinajstić information content (AvgIpc) is 3.21. The molecular weight excluding hydrogens is 368 g/mol. The van der Waals surface area contributed by atoms with Crippen molar-refractivity contribution in [2.24, 2.45) is 7.05 Å². The summed E-state index contributed by atoms with van der Waals surface area (Å²) < 4.78 is 6.93. The van der Waals surface area contributed by atoms with Crippen LogP contribution in [-0.2, 0) is 26.2 Å². The van der Waals surface area contributed by atoms with E-state index in [1.54, 1.807) is 25.4 Å². The third-order valence-electron chi connectivity index (χ3n) is 4.72. The Kier molecular flexibility index (Phi) is 4.19. The van der Waals surface area contributed by atoms with E-state index < -0.39 is 29.9 Å². The van der Waals surface area contributed by atoms with Gasteiger partial charge in [-0.15, -0.1) is 0 Å². The minimum Gasteiger partial charge on any atom is -0.354 e. The molecule has 1 aromatic heterocycles. The fraction of sp³-hybridized carbons (Fsp3) is 0.278. The van der Waals surface area contributed by atoms with Gasteiger partial charge in [-0.2, -0.15) is 5.10 Å². The van der Waals surface area contributed by atoms with Crippen LogP contribution in [0.4, 0.5) is 0 Å². The normalized spacial score (nSPS) is 21.9. The van der Waals surface area contributed by atoms with Gasteiger partial charge in [-0.1, -0.05) is 17.2 Å². The van der Waals surface area contributed by atoms with E-state index in [2.05, 4.69) is 5.10 Å². The Bertz CT molecular complexity index is 964. The molecule has 1 aromatic carbocycles. The summed E-state index contributed by atoms with van der Waals surface area (Å²) >= 11 is 0. The molecule has 2 atom stereocenters. The molecule has 3 heterocycles. The van der Waals surface area contributed by atoms with Crippen LogP contribution in [-0.4, -0.2) is 63.2 Å². The number of likely N-dealkylation sites (N-methyl/N-ethyl adjacent to an activating group) is 1. The predicted octanol–water partition coefficient (Wildman–Crippen LogP) is 0.0728. The van der Waals surface area contributed by atoms with Crippen molar-refractivity contribution in [1.29, 1.82) is 0 Å². The van der Waals surface area contributed by atoms with Crippen LogP contribution < -0.4 is 0 Å². The number of imide groups is 1. The summed E-state index contributed by atoms with van der Waals surface area (Å²) in [5, 5.41) is 4.48. The van der Waals surface area contributed by atoms with Crippen LogP contribution in [0.2, 0.25) is 0 Å². The summed E-state index contributed by atoms with van der Waals surface area (Å²) in [6, 6.07) is 5.37. The lowest BCUT2D eigenvalue weighted by Gasteiger charge is -2.37. The topological polar surface area (TPSA) is 111 Å². The number of morpholine rings is 1. The highest BCUT2D eigenvalue weighted by Crippen LogP contribution is 2.31. The van der Waals surface area contributed by atoms with Gasteiger partial charge >= 0.3 is 5.97 Å². The second-order valence-corrected chi connectivity index (χ2v) is 6.49. The summed E-state index contributed by atoms with van der Waals surface area (Å²) in [5.41, 5.74) is 0.865. The third-order valence-corrected chi connectivity index (χ3v) is 4.72. The molecule has 0 bridgehead atoms. The number of rotatable bonds is 3. The number of aryl methyl sites for hydroxylation is 1. The van der Waals surface area contributed by atoms with E-state index in [-0.39, 0.29) is 23.6 Å². The summed E-state index contributed by atoms with van der Waals surface area (Å²) in [4.78, 5) is 56.1. The minimum atomic E-state index is -1.23. The molecule has 4 rings (SSSR count). The van der Waals surface area contributed by atoms with Crippen LogP contribution in [0.3, 0.4) is 0 Å². The van der Waals surface area contributed by atoms with Crippen molar-refractivity contribution < 1.29 is 28.8 Å². The summed E-state index contributed by atoms with van der Waals surface area (Å²) in [7, 11) is 3.23. The number of nitrogens with zero attached hydrogens (tertiary/aromatic N) is 4. The molecule has 2 aliphatic rings. The number of hydrogen-bond donors (Lipinski definition) is 0. The number of hydrogen-bond acceptors (Lipinski definition) is 7. The molecule has 0 N–H and O–H groups in total. The van der Waals surface area contributed by atoms with E-state index in [0.29, 0.717) is 10.6 Å². The Balaban J connectivity index is 1.59. The maximum absolute atomic E-state index is 12.8. The second kappa shape index (κ2) is 6.57. The van der Waals surface area contributed by atoms with Gasteiger partial charge in [0.25, 0.3) is 11.8 Å². The first-order valence-electron chi connectivity index (χ1n) is 8.44. The van der Waals surface area contributed by atoms with Gasteiger partial charge in [-0.25, -0.2) is 4.79 Å². The Morgan fingerprint density at radius 2 is 1.79 bits per heavy atom. The maximum Gasteiger partial charge on any atom is 0.364 e. The lowest BCUT2D eigenvalue weighted by molar-refractivity contribution is -0.193. The first kappa shape index (κ1) is 17.9. The molecule has 0 aliphatic carbocycles. The monoisotopic (exact) mass is 384 g/mol. The Labute approximate surface area is 159 Å². The van der Waals surface area contributed by atoms with E-state index >= 15 is 0 Å². The molecule has 0 spiro atoms. The number of carbonyl (C=O) groups excluding carboxylic acids is 4.